The lowest BCUT2D eigenvalue weighted by molar-refractivity contribution is -0.122. The number of ether oxygens (including phenoxy) is 1. The zero-order valence-electron chi connectivity index (χ0n) is 15.0. The van der Waals surface area contributed by atoms with E-state index in [-0.39, 0.29) is 12.0 Å². The number of hydrogen-bond donors (Lipinski definition) is 1. The highest BCUT2D eigenvalue weighted by Gasteiger charge is 2.21. The Morgan fingerprint density at radius 2 is 2.12 bits per heavy atom. The van der Waals surface area contributed by atoms with Gasteiger partial charge in [0, 0.05) is 19.4 Å². The lowest BCUT2D eigenvalue weighted by Crippen LogP contribution is -2.36. The second kappa shape index (κ2) is 8.02. The van der Waals surface area contributed by atoms with Crippen molar-refractivity contribution in [2.75, 3.05) is 19.6 Å². The van der Waals surface area contributed by atoms with Gasteiger partial charge in [0.25, 0.3) is 0 Å². The summed E-state index contributed by atoms with van der Waals surface area (Å²) in [6.07, 6.45) is 5.43. The summed E-state index contributed by atoms with van der Waals surface area (Å²) >= 11 is 0. The van der Waals surface area contributed by atoms with E-state index in [1.54, 1.807) is 0 Å². The summed E-state index contributed by atoms with van der Waals surface area (Å²) in [6, 6.07) is 6.26. The van der Waals surface area contributed by atoms with Crippen LogP contribution in [0, 0.1) is 5.92 Å². The van der Waals surface area contributed by atoms with Crippen molar-refractivity contribution in [3.63, 3.8) is 0 Å². The maximum atomic E-state index is 12.2. The first-order valence-electron chi connectivity index (χ1n) is 9.41. The first kappa shape index (κ1) is 17.3. The molecule has 1 amide bonds. The number of fused-ring (bicyclic) bond motifs is 1. The minimum absolute atomic E-state index is 0.189. The van der Waals surface area contributed by atoms with E-state index in [1.807, 2.05) is 6.07 Å². The molecular formula is C20H30N2O2. The molecule has 3 rings (SSSR count). The third kappa shape index (κ3) is 4.50. The van der Waals surface area contributed by atoms with Crippen molar-refractivity contribution >= 4 is 5.91 Å². The number of nitrogens with one attached hydrogen (secondary N) is 1. The fourth-order valence-electron chi connectivity index (χ4n) is 3.85. The number of rotatable bonds is 6. The van der Waals surface area contributed by atoms with E-state index in [0.717, 1.165) is 43.7 Å². The van der Waals surface area contributed by atoms with E-state index in [2.05, 4.69) is 36.2 Å². The number of benzene rings is 1. The molecule has 1 N–H and O–H groups in total. The van der Waals surface area contributed by atoms with E-state index in [1.165, 1.54) is 18.5 Å². The molecule has 24 heavy (non-hydrogen) atoms. The van der Waals surface area contributed by atoms with Gasteiger partial charge in [0.2, 0.25) is 5.91 Å². The molecule has 132 valence electrons. The second-order valence-corrected chi connectivity index (χ2v) is 7.34. The molecule has 2 aliphatic heterocycles. The molecule has 0 unspecified atom stereocenters. The third-order valence-corrected chi connectivity index (χ3v) is 5.17. The Balaban J connectivity index is 1.41. The lowest BCUT2D eigenvalue weighted by Gasteiger charge is -2.31. The Kier molecular flexibility index (Phi) is 5.77. The Morgan fingerprint density at radius 3 is 2.88 bits per heavy atom. The van der Waals surface area contributed by atoms with Crippen molar-refractivity contribution in [2.45, 2.75) is 58.6 Å². The van der Waals surface area contributed by atoms with Crippen LogP contribution in [0.5, 0.6) is 5.75 Å². The van der Waals surface area contributed by atoms with E-state index in [4.69, 9.17) is 4.74 Å². The van der Waals surface area contributed by atoms with Crippen LogP contribution >= 0.6 is 0 Å². The molecule has 1 saturated heterocycles. The summed E-state index contributed by atoms with van der Waals surface area (Å²) < 4.78 is 5.72. The standard InChI is InChI=1S/C20H30N2O2/c1-3-8-22-9-6-16(7-10-22)13-20(23)21-14-17-4-5-19-18(12-17)11-15(2)24-19/h4-5,12,15-16H,3,6-11,13-14H2,1-2H3,(H,21,23)/t15-/m0/s1. The topological polar surface area (TPSA) is 41.6 Å². The van der Waals surface area contributed by atoms with Gasteiger partial charge >= 0.3 is 0 Å². The predicted octanol–water partition coefficient (Wildman–Crippen LogP) is 3.14. The molecule has 0 aliphatic carbocycles. The summed E-state index contributed by atoms with van der Waals surface area (Å²) in [5.74, 6) is 1.73. The average Bonchev–Trinajstić information content (AvgIpc) is 2.94. The van der Waals surface area contributed by atoms with Crippen LogP contribution in [0.15, 0.2) is 18.2 Å². The van der Waals surface area contributed by atoms with Gasteiger partial charge in [-0.15, -0.1) is 0 Å². The molecule has 0 saturated carbocycles. The quantitative estimate of drug-likeness (QED) is 0.871. The average molecular weight is 330 g/mol. The van der Waals surface area contributed by atoms with Gasteiger partial charge in [0.05, 0.1) is 0 Å². The Bertz CT molecular complexity index is 565. The molecule has 4 nitrogen and oxygen atoms in total. The predicted molar refractivity (Wildman–Crippen MR) is 96.2 cm³/mol. The highest BCUT2D eigenvalue weighted by Crippen LogP contribution is 2.29. The molecule has 0 bridgehead atoms. The van der Waals surface area contributed by atoms with Gasteiger partial charge in [-0.2, -0.15) is 0 Å². The maximum absolute atomic E-state index is 12.2. The van der Waals surface area contributed by atoms with Crippen LogP contribution in [-0.2, 0) is 17.8 Å². The highest BCUT2D eigenvalue weighted by molar-refractivity contribution is 5.76. The molecule has 0 radical (unpaired) electrons. The van der Waals surface area contributed by atoms with E-state index < -0.39 is 0 Å². The van der Waals surface area contributed by atoms with Gasteiger partial charge in [-0.1, -0.05) is 19.1 Å². The van der Waals surface area contributed by atoms with Crippen molar-refractivity contribution in [2.24, 2.45) is 5.92 Å². The number of carbonyl (C=O) groups is 1. The normalized spacial score (nSPS) is 21.3. The summed E-state index contributed by atoms with van der Waals surface area (Å²) in [5.41, 5.74) is 2.43. The number of amides is 1. The molecule has 0 aromatic heterocycles. The number of carbonyl (C=O) groups excluding carboxylic acids is 1. The van der Waals surface area contributed by atoms with Crippen LogP contribution in [0.2, 0.25) is 0 Å². The van der Waals surface area contributed by atoms with Gasteiger partial charge < -0.3 is 15.0 Å². The molecule has 2 aliphatic rings. The Hall–Kier alpha value is -1.55. The number of hydrogen-bond acceptors (Lipinski definition) is 3. The maximum Gasteiger partial charge on any atom is 0.220 e. The molecule has 1 atom stereocenters. The summed E-state index contributed by atoms with van der Waals surface area (Å²) in [6.45, 7) is 8.43. The Labute approximate surface area is 145 Å². The summed E-state index contributed by atoms with van der Waals surface area (Å²) in [7, 11) is 0. The summed E-state index contributed by atoms with van der Waals surface area (Å²) in [5, 5.41) is 3.09. The first-order chi connectivity index (χ1) is 11.6. The number of likely N-dealkylation sites (tertiary alicyclic amines) is 1. The molecule has 0 spiro atoms. The van der Waals surface area contributed by atoms with Gasteiger partial charge in [-0.3, -0.25) is 4.79 Å². The van der Waals surface area contributed by atoms with Gasteiger partial charge in [-0.25, -0.2) is 0 Å². The zero-order valence-corrected chi connectivity index (χ0v) is 15.0. The van der Waals surface area contributed by atoms with Crippen LogP contribution in [0.25, 0.3) is 0 Å². The van der Waals surface area contributed by atoms with Crippen molar-refractivity contribution in [3.05, 3.63) is 29.3 Å². The molecule has 2 heterocycles. The highest BCUT2D eigenvalue weighted by atomic mass is 16.5. The molecule has 1 aromatic rings. The van der Waals surface area contributed by atoms with Crippen molar-refractivity contribution in [1.29, 1.82) is 0 Å². The monoisotopic (exact) mass is 330 g/mol. The first-order valence-corrected chi connectivity index (χ1v) is 9.41. The molecule has 1 fully saturated rings. The molecular weight excluding hydrogens is 300 g/mol. The van der Waals surface area contributed by atoms with Crippen molar-refractivity contribution < 1.29 is 9.53 Å². The second-order valence-electron chi connectivity index (χ2n) is 7.34. The zero-order chi connectivity index (χ0) is 16.9. The minimum atomic E-state index is 0.189. The Morgan fingerprint density at radius 1 is 1.33 bits per heavy atom. The fourth-order valence-corrected chi connectivity index (χ4v) is 3.85. The van der Waals surface area contributed by atoms with Crippen LogP contribution in [0.3, 0.4) is 0 Å². The van der Waals surface area contributed by atoms with Gasteiger partial charge in [0.1, 0.15) is 11.9 Å². The van der Waals surface area contributed by atoms with Gasteiger partial charge in [-0.05, 0) is 68.9 Å². The number of nitrogens with zero attached hydrogens (tertiary/aromatic N) is 1. The smallest absolute Gasteiger partial charge is 0.220 e. The van der Waals surface area contributed by atoms with Crippen molar-refractivity contribution in [3.8, 4) is 5.75 Å². The molecule has 4 heteroatoms. The van der Waals surface area contributed by atoms with E-state index in [0.29, 0.717) is 18.9 Å². The van der Waals surface area contributed by atoms with E-state index in [9.17, 15) is 4.79 Å². The minimum Gasteiger partial charge on any atom is -0.490 e. The molecule has 1 aromatic carbocycles. The van der Waals surface area contributed by atoms with Crippen molar-refractivity contribution in [1.82, 2.24) is 10.2 Å². The van der Waals surface area contributed by atoms with Crippen LogP contribution < -0.4 is 10.1 Å². The third-order valence-electron chi connectivity index (χ3n) is 5.17. The summed E-state index contributed by atoms with van der Waals surface area (Å²) in [4.78, 5) is 14.7. The lowest BCUT2D eigenvalue weighted by atomic mass is 9.93. The largest absolute Gasteiger partial charge is 0.490 e. The van der Waals surface area contributed by atoms with E-state index >= 15 is 0 Å². The van der Waals surface area contributed by atoms with Gasteiger partial charge in [0.15, 0.2) is 0 Å². The fraction of sp³-hybridized carbons (Fsp3) is 0.650. The van der Waals surface area contributed by atoms with Crippen LogP contribution in [-0.4, -0.2) is 36.5 Å². The van der Waals surface area contributed by atoms with Crippen LogP contribution in [0.1, 0.15) is 50.7 Å². The number of piperidine rings is 1. The SMILES string of the molecule is CCCN1CCC(CC(=O)NCc2ccc3c(c2)C[C@H](C)O3)CC1. The van der Waals surface area contributed by atoms with Crippen LogP contribution in [0.4, 0.5) is 0 Å².